The number of carbonyl (C=O) groups is 3. The van der Waals surface area contributed by atoms with E-state index < -0.39 is 29.3 Å². The minimum atomic E-state index is -1.06. The number of aromatic nitrogens is 1. The zero-order valence-electron chi connectivity index (χ0n) is 21.5. The summed E-state index contributed by atoms with van der Waals surface area (Å²) in [5.74, 6) is -0.926. The van der Waals surface area contributed by atoms with E-state index in [2.05, 4.69) is 9.69 Å². The molecule has 12 heteroatoms. The maximum absolute atomic E-state index is 13.8. The van der Waals surface area contributed by atoms with Crippen molar-refractivity contribution in [2.24, 2.45) is 5.73 Å². The largest absolute Gasteiger partial charge is 0.493 e. The number of nitrogens with one attached hydrogen (secondary N) is 1. The van der Waals surface area contributed by atoms with Crippen LogP contribution >= 0.6 is 11.5 Å². The molecular formula is C24H35N5O6S. The maximum atomic E-state index is 13.8. The number of carbonyl (C=O) groups excluding carboxylic acids is 3. The SMILES string of the molecule is CCOCCCN(C(=O)c1snc(C(N)=O)c1N)[C@H](C(=O)NC(C)(C)C)c1ccc(OC)c(OC)c1. The Morgan fingerprint density at radius 1 is 1.17 bits per heavy atom. The summed E-state index contributed by atoms with van der Waals surface area (Å²) in [6.45, 7) is 8.47. The highest BCUT2D eigenvalue weighted by Crippen LogP contribution is 2.34. The van der Waals surface area contributed by atoms with Crippen molar-refractivity contribution in [2.45, 2.75) is 45.7 Å². The lowest BCUT2D eigenvalue weighted by Gasteiger charge is -2.33. The fraction of sp³-hybridized carbons (Fsp3) is 0.500. The molecule has 11 nitrogen and oxygen atoms in total. The molecule has 0 saturated heterocycles. The van der Waals surface area contributed by atoms with Crippen LogP contribution in [0.3, 0.4) is 0 Å². The summed E-state index contributed by atoms with van der Waals surface area (Å²) in [5.41, 5.74) is 11.0. The molecule has 0 saturated carbocycles. The topological polar surface area (TPSA) is 159 Å². The standard InChI is InChI=1S/C24H35N5O6S/c1-7-35-12-8-11-29(23(32)20-17(25)18(21(26)30)28-36-20)19(22(31)27-24(2,3)4)14-9-10-15(33-5)16(13-14)34-6/h9-10,13,19H,7-8,11-12,25H2,1-6H3,(H2,26,30)(H,27,31)/t19-/m0/s1. The van der Waals surface area contributed by atoms with Crippen LogP contribution in [-0.2, 0) is 9.53 Å². The number of hydrogen-bond acceptors (Lipinski definition) is 9. The van der Waals surface area contributed by atoms with Crippen LogP contribution in [0.25, 0.3) is 0 Å². The molecule has 198 valence electrons. The van der Waals surface area contributed by atoms with E-state index in [1.54, 1.807) is 18.2 Å². The molecule has 2 rings (SSSR count). The van der Waals surface area contributed by atoms with Crippen LogP contribution in [0.1, 0.15) is 65.9 Å². The van der Waals surface area contributed by atoms with Gasteiger partial charge in [-0.05, 0) is 63.3 Å². The molecule has 1 atom stereocenters. The molecule has 0 aliphatic carbocycles. The van der Waals surface area contributed by atoms with Gasteiger partial charge in [-0.1, -0.05) is 6.07 Å². The number of primary amides is 1. The number of hydrogen-bond donors (Lipinski definition) is 3. The summed E-state index contributed by atoms with van der Waals surface area (Å²) in [5, 5.41) is 2.96. The Labute approximate surface area is 215 Å². The van der Waals surface area contributed by atoms with E-state index in [0.29, 0.717) is 36.7 Å². The molecule has 0 aliphatic heterocycles. The van der Waals surface area contributed by atoms with E-state index in [1.165, 1.54) is 19.1 Å². The first-order valence-electron chi connectivity index (χ1n) is 11.4. The number of rotatable bonds is 12. The lowest BCUT2D eigenvalue weighted by Crippen LogP contribution is -2.49. The van der Waals surface area contributed by atoms with Crippen molar-refractivity contribution >= 4 is 34.9 Å². The third-order valence-electron chi connectivity index (χ3n) is 5.09. The van der Waals surface area contributed by atoms with Crippen molar-refractivity contribution in [3.63, 3.8) is 0 Å². The van der Waals surface area contributed by atoms with Crippen molar-refractivity contribution in [3.05, 3.63) is 34.3 Å². The summed E-state index contributed by atoms with van der Waals surface area (Å²) in [7, 11) is 2.99. The first kappa shape index (κ1) is 28.9. The molecule has 3 amide bonds. The molecule has 0 unspecified atom stereocenters. The number of benzene rings is 1. The molecule has 1 aromatic heterocycles. The number of nitrogen functional groups attached to an aromatic ring is 1. The summed E-state index contributed by atoms with van der Waals surface area (Å²) in [6, 6.07) is 3.96. The lowest BCUT2D eigenvalue weighted by molar-refractivity contribution is -0.127. The van der Waals surface area contributed by atoms with Gasteiger partial charge in [0, 0.05) is 25.3 Å². The molecule has 0 aliphatic rings. The van der Waals surface area contributed by atoms with E-state index in [9.17, 15) is 14.4 Å². The third kappa shape index (κ3) is 7.08. The van der Waals surface area contributed by atoms with Crippen molar-refractivity contribution in [1.82, 2.24) is 14.6 Å². The number of amides is 3. The Morgan fingerprint density at radius 2 is 1.83 bits per heavy atom. The van der Waals surface area contributed by atoms with Gasteiger partial charge in [0.1, 0.15) is 10.9 Å². The van der Waals surface area contributed by atoms with Gasteiger partial charge in [0.2, 0.25) is 5.91 Å². The minimum absolute atomic E-state index is 0.0224. The van der Waals surface area contributed by atoms with Crippen LogP contribution in [0.4, 0.5) is 5.69 Å². The Balaban J connectivity index is 2.64. The van der Waals surface area contributed by atoms with Gasteiger partial charge < -0.3 is 35.9 Å². The second-order valence-corrected chi connectivity index (χ2v) is 9.72. The molecule has 1 heterocycles. The summed E-state index contributed by atoms with van der Waals surface area (Å²) in [6.07, 6.45) is 0.452. The van der Waals surface area contributed by atoms with Gasteiger partial charge in [-0.2, -0.15) is 4.37 Å². The first-order chi connectivity index (χ1) is 16.9. The van der Waals surface area contributed by atoms with Gasteiger partial charge in [-0.3, -0.25) is 14.4 Å². The average Bonchev–Trinajstić information content (AvgIpc) is 3.20. The second kappa shape index (κ2) is 12.5. The van der Waals surface area contributed by atoms with Gasteiger partial charge in [-0.25, -0.2) is 0 Å². The highest BCUT2D eigenvalue weighted by molar-refractivity contribution is 7.09. The number of methoxy groups -OCH3 is 2. The van der Waals surface area contributed by atoms with Gasteiger partial charge in [0.05, 0.1) is 19.9 Å². The highest BCUT2D eigenvalue weighted by Gasteiger charge is 2.36. The van der Waals surface area contributed by atoms with Crippen molar-refractivity contribution in [2.75, 3.05) is 39.7 Å². The van der Waals surface area contributed by atoms with Gasteiger partial charge in [-0.15, -0.1) is 0 Å². The molecule has 0 fully saturated rings. The maximum Gasteiger partial charge on any atom is 0.270 e. The van der Waals surface area contributed by atoms with Gasteiger partial charge in [0.25, 0.3) is 11.8 Å². The van der Waals surface area contributed by atoms with Crippen LogP contribution in [-0.4, -0.2) is 66.5 Å². The van der Waals surface area contributed by atoms with E-state index in [1.807, 2.05) is 27.7 Å². The third-order valence-corrected chi connectivity index (χ3v) is 5.94. The number of nitrogens with two attached hydrogens (primary N) is 2. The molecular weight excluding hydrogens is 486 g/mol. The van der Waals surface area contributed by atoms with Crippen LogP contribution in [0.2, 0.25) is 0 Å². The molecule has 1 aromatic carbocycles. The van der Waals surface area contributed by atoms with Crippen molar-refractivity contribution < 1.29 is 28.6 Å². The number of anilines is 1. The molecule has 5 N–H and O–H groups in total. The monoisotopic (exact) mass is 521 g/mol. The molecule has 0 radical (unpaired) electrons. The highest BCUT2D eigenvalue weighted by atomic mass is 32.1. The molecule has 0 spiro atoms. The zero-order chi connectivity index (χ0) is 27.0. The Hall–Kier alpha value is -3.38. The fourth-order valence-electron chi connectivity index (χ4n) is 3.52. The Kier molecular flexibility index (Phi) is 10.1. The van der Waals surface area contributed by atoms with Crippen LogP contribution in [0, 0.1) is 0 Å². The molecule has 36 heavy (non-hydrogen) atoms. The van der Waals surface area contributed by atoms with E-state index in [-0.39, 0.29) is 22.8 Å². The Morgan fingerprint density at radius 3 is 2.36 bits per heavy atom. The van der Waals surface area contributed by atoms with E-state index in [4.69, 9.17) is 25.7 Å². The smallest absolute Gasteiger partial charge is 0.270 e. The lowest BCUT2D eigenvalue weighted by atomic mass is 10.0. The normalized spacial score (nSPS) is 12.1. The van der Waals surface area contributed by atoms with Crippen LogP contribution in [0.15, 0.2) is 18.2 Å². The zero-order valence-corrected chi connectivity index (χ0v) is 22.4. The predicted molar refractivity (Wildman–Crippen MR) is 137 cm³/mol. The fourth-order valence-corrected chi connectivity index (χ4v) is 4.28. The van der Waals surface area contributed by atoms with E-state index in [0.717, 1.165) is 11.5 Å². The number of nitrogens with zero attached hydrogens (tertiary/aromatic N) is 2. The second-order valence-electron chi connectivity index (χ2n) is 8.94. The van der Waals surface area contributed by atoms with Crippen LogP contribution in [0.5, 0.6) is 11.5 Å². The summed E-state index contributed by atoms with van der Waals surface area (Å²) < 4.78 is 20.2. The van der Waals surface area contributed by atoms with Gasteiger partial charge >= 0.3 is 0 Å². The first-order valence-corrected chi connectivity index (χ1v) is 12.2. The summed E-state index contributed by atoms with van der Waals surface area (Å²) >= 11 is 0.761. The minimum Gasteiger partial charge on any atom is -0.493 e. The molecule has 0 bridgehead atoms. The predicted octanol–water partition coefficient (Wildman–Crippen LogP) is 2.37. The Bertz CT molecular complexity index is 1080. The molecule has 2 aromatic rings. The summed E-state index contributed by atoms with van der Waals surface area (Å²) in [4.78, 5) is 40.6. The van der Waals surface area contributed by atoms with E-state index >= 15 is 0 Å². The van der Waals surface area contributed by atoms with Crippen molar-refractivity contribution in [3.8, 4) is 11.5 Å². The van der Waals surface area contributed by atoms with Gasteiger partial charge in [0.15, 0.2) is 17.2 Å². The quantitative estimate of drug-likeness (QED) is 0.359. The number of ether oxygens (including phenoxy) is 3. The van der Waals surface area contributed by atoms with Crippen LogP contribution < -0.4 is 26.3 Å². The van der Waals surface area contributed by atoms with Crippen molar-refractivity contribution in [1.29, 1.82) is 0 Å². The average molecular weight is 522 g/mol.